The van der Waals surface area contributed by atoms with Crippen LogP contribution >= 0.6 is 23.2 Å². The van der Waals surface area contributed by atoms with Crippen LogP contribution in [-0.2, 0) is 4.79 Å². The second kappa shape index (κ2) is 9.78. The zero-order valence-corrected chi connectivity index (χ0v) is 21.5. The van der Waals surface area contributed by atoms with Gasteiger partial charge in [-0.3, -0.25) is 4.79 Å². The van der Waals surface area contributed by atoms with Crippen LogP contribution < -0.4 is 10.1 Å². The summed E-state index contributed by atoms with van der Waals surface area (Å²) in [5, 5.41) is 17.8. The van der Waals surface area contributed by atoms with Crippen LogP contribution in [0.1, 0.15) is 25.7 Å². The van der Waals surface area contributed by atoms with Gasteiger partial charge in [-0.1, -0.05) is 23.2 Å². The molecule has 0 spiro atoms. The number of piperidine rings is 1. The van der Waals surface area contributed by atoms with E-state index in [0.29, 0.717) is 58.5 Å². The molecule has 1 aromatic carbocycles. The summed E-state index contributed by atoms with van der Waals surface area (Å²) in [4.78, 5) is 39.7. The smallest absolute Gasteiger partial charge is 0.406 e. The van der Waals surface area contributed by atoms with E-state index in [-0.39, 0.29) is 23.5 Å². The van der Waals surface area contributed by atoms with E-state index in [1.165, 1.54) is 12.4 Å². The van der Waals surface area contributed by atoms with E-state index in [1.807, 2.05) is 0 Å². The maximum absolute atomic E-state index is 13.2. The maximum atomic E-state index is 13.2. The van der Waals surface area contributed by atoms with Gasteiger partial charge in [-0.2, -0.15) is 10.4 Å². The summed E-state index contributed by atoms with van der Waals surface area (Å²) in [5.41, 5.74) is 1.44. The first-order valence-corrected chi connectivity index (χ1v) is 13.0. The fraction of sp³-hybridized carbons (Fsp3) is 0.360. The number of nitriles is 1. The van der Waals surface area contributed by atoms with Gasteiger partial charge in [-0.05, 0) is 43.7 Å². The quantitative estimate of drug-likeness (QED) is 0.377. The lowest BCUT2D eigenvalue weighted by atomic mass is 9.97. The Kier molecular flexibility index (Phi) is 6.29. The minimum absolute atomic E-state index is 0.0289. The number of nitrogens with zero attached hydrogens (tertiary/aromatic N) is 6. The first-order chi connectivity index (χ1) is 18.4. The average Bonchev–Trinajstić information content (AvgIpc) is 3.59. The molecule has 2 fully saturated rings. The molecule has 2 N–H and O–H groups in total. The molecule has 4 heterocycles. The summed E-state index contributed by atoms with van der Waals surface area (Å²) in [7, 11) is 0. The highest BCUT2D eigenvalue weighted by molar-refractivity contribution is 6.42. The number of ether oxygens (including phenoxy) is 1. The Hall–Kier alpha value is -3.88. The molecule has 1 aliphatic carbocycles. The van der Waals surface area contributed by atoms with Crippen LogP contribution in [0.2, 0.25) is 10.0 Å². The number of hydrogen-bond donors (Lipinski definition) is 2. The fourth-order valence-corrected chi connectivity index (χ4v) is 5.07. The van der Waals surface area contributed by atoms with Crippen molar-refractivity contribution in [2.45, 2.75) is 31.7 Å². The SMILES string of the molecule is N#CC1CCN(C(=O)[C@H](NC(=O)Oc2c[nH]c3ncc(-n4ncc5cc(Cl)c(Cl)cc54)nc23)C2CC2)CC1. The topological polar surface area (TPSA) is 142 Å². The Bertz CT molecular complexity index is 1600. The number of aromatic amines is 1. The standard InChI is InChI=1S/C25H22Cl2N8O3/c26-16-7-15-10-31-35(18(15)8-17(16)27)20-12-30-23-22(32-20)19(11-29-23)38-25(37)33-21(14-1-2-14)24(36)34-5-3-13(9-28)4-6-34/h7-8,10-14,21H,1-6H2,(H,29,30)(H,33,37)/t21-/m1/s1. The Labute approximate surface area is 226 Å². The molecule has 194 valence electrons. The van der Waals surface area contributed by atoms with E-state index in [9.17, 15) is 9.59 Å². The summed E-state index contributed by atoms with van der Waals surface area (Å²) < 4.78 is 7.14. The molecule has 1 atom stereocenters. The lowest BCUT2D eigenvalue weighted by Gasteiger charge is -2.32. The molecule has 1 saturated carbocycles. The number of amides is 2. The lowest BCUT2D eigenvalue weighted by molar-refractivity contribution is -0.135. The summed E-state index contributed by atoms with van der Waals surface area (Å²) in [6, 6.07) is 5.01. The minimum atomic E-state index is -0.749. The second-order valence-electron chi connectivity index (χ2n) is 9.54. The monoisotopic (exact) mass is 552 g/mol. The van der Waals surface area contributed by atoms with Crippen LogP contribution in [0.5, 0.6) is 5.75 Å². The number of likely N-dealkylation sites (tertiary alicyclic amines) is 1. The number of nitrogens with one attached hydrogen (secondary N) is 2. The number of fused-ring (bicyclic) bond motifs is 2. The van der Waals surface area contributed by atoms with E-state index < -0.39 is 12.1 Å². The van der Waals surface area contributed by atoms with Crippen molar-refractivity contribution in [2.75, 3.05) is 13.1 Å². The molecule has 1 saturated heterocycles. The van der Waals surface area contributed by atoms with E-state index >= 15 is 0 Å². The molecule has 2 aliphatic rings. The second-order valence-corrected chi connectivity index (χ2v) is 10.4. The zero-order chi connectivity index (χ0) is 26.4. The van der Waals surface area contributed by atoms with Gasteiger partial charge in [0.05, 0.1) is 34.0 Å². The minimum Gasteiger partial charge on any atom is -0.406 e. The molecule has 0 bridgehead atoms. The number of H-pyrrole nitrogens is 1. The van der Waals surface area contributed by atoms with Crippen LogP contribution in [0.25, 0.3) is 27.9 Å². The molecule has 6 rings (SSSR count). The number of halogens is 2. The van der Waals surface area contributed by atoms with Gasteiger partial charge in [0.2, 0.25) is 5.91 Å². The average molecular weight is 553 g/mol. The highest BCUT2D eigenvalue weighted by atomic mass is 35.5. The molecular weight excluding hydrogens is 531 g/mol. The van der Waals surface area contributed by atoms with Crippen molar-refractivity contribution >= 4 is 57.3 Å². The van der Waals surface area contributed by atoms with Gasteiger partial charge in [0.25, 0.3) is 0 Å². The Balaban J connectivity index is 1.20. The molecule has 0 radical (unpaired) electrons. The molecule has 11 nitrogen and oxygen atoms in total. The third-order valence-corrected chi connectivity index (χ3v) is 7.71. The Morgan fingerprint density at radius 2 is 1.92 bits per heavy atom. The maximum Gasteiger partial charge on any atom is 0.413 e. The van der Waals surface area contributed by atoms with Gasteiger partial charge >= 0.3 is 6.09 Å². The van der Waals surface area contributed by atoms with Gasteiger partial charge in [-0.25, -0.2) is 19.4 Å². The predicted octanol–water partition coefficient (Wildman–Crippen LogP) is 4.23. The van der Waals surface area contributed by atoms with Gasteiger partial charge in [0.1, 0.15) is 6.04 Å². The van der Waals surface area contributed by atoms with E-state index in [0.717, 1.165) is 18.2 Å². The molecule has 3 aromatic heterocycles. The molecule has 4 aromatic rings. The number of carbonyl (C=O) groups is 2. The summed E-state index contributed by atoms with van der Waals surface area (Å²) >= 11 is 12.3. The van der Waals surface area contributed by atoms with Crippen LogP contribution in [0.15, 0.2) is 30.7 Å². The lowest BCUT2D eigenvalue weighted by Crippen LogP contribution is -2.52. The van der Waals surface area contributed by atoms with Crippen molar-refractivity contribution in [1.29, 1.82) is 5.26 Å². The summed E-state index contributed by atoms with van der Waals surface area (Å²) in [5.74, 6) is 0.472. The Morgan fingerprint density at radius 3 is 2.66 bits per heavy atom. The van der Waals surface area contributed by atoms with Gasteiger partial charge in [0, 0.05) is 30.6 Å². The zero-order valence-electron chi connectivity index (χ0n) is 20.0. The number of benzene rings is 1. The van der Waals surface area contributed by atoms with Crippen LogP contribution in [0.4, 0.5) is 4.79 Å². The van der Waals surface area contributed by atoms with Crippen LogP contribution in [0, 0.1) is 23.2 Å². The number of carbonyl (C=O) groups excluding carboxylic acids is 2. The van der Waals surface area contributed by atoms with E-state index in [2.05, 4.69) is 31.4 Å². The van der Waals surface area contributed by atoms with Crippen molar-refractivity contribution in [3.8, 4) is 17.6 Å². The molecule has 1 aliphatic heterocycles. The highest BCUT2D eigenvalue weighted by Gasteiger charge is 2.40. The number of hydrogen-bond acceptors (Lipinski definition) is 7. The molecule has 38 heavy (non-hydrogen) atoms. The number of aromatic nitrogens is 5. The van der Waals surface area contributed by atoms with E-state index in [4.69, 9.17) is 33.2 Å². The van der Waals surface area contributed by atoms with Crippen molar-refractivity contribution in [3.63, 3.8) is 0 Å². The third kappa shape index (κ3) is 4.61. The van der Waals surface area contributed by atoms with Crippen molar-refractivity contribution < 1.29 is 14.3 Å². The van der Waals surface area contributed by atoms with Gasteiger partial charge in [0.15, 0.2) is 22.7 Å². The van der Waals surface area contributed by atoms with E-state index in [1.54, 1.807) is 27.9 Å². The third-order valence-electron chi connectivity index (χ3n) is 6.98. The van der Waals surface area contributed by atoms with Crippen LogP contribution in [0.3, 0.4) is 0 Å². The van der Waals surface area contributed by atoms with Crippen molar-refractivity contribution in [3.05, 3.63) is 40.8 Å². The number of rotatable bonds is 5. The first kappa shape index (κ1) is 24.5. The van der Waals surface area contributed by atoms with Crippen molar-refractivity contribution in [1.82, 2.24) is 34.9 Å². The largest absolute Gasteiger partial charge is 0.413 e. The normalized spacial score (nSPS) is 16.9. The molecule has 0 unspecified atom stereocenters. The Morgan fingerprint density at radius 1 is 1.16 bits per heavy atom. The molecule has 2 amide bonds. The summed E-state index contributed by atoms with van der Waals surface area (Å²) in [6.07, 6.45) is 6.93. The molecule has 13 heteroatoms. The van der Waals surface area contributed by atoms with Crippen LogP contribution in [-0.4, -0.2) is 60.8 Å². The first-order valence-electron chi connectivity index (χ1n) is 12.3. The summed E-state index contributed by atoms with van der Waals surface area (Å²) in [6.45, 7) is 1.02. The highest BCUT2D eigenvalue weighted by Crippen LogP contribution is 2.34. The fourth-order valence-electron chi connectivity index (χ4n) is 4.74. The van der Waals surface area contributed by atoms with Gasteiger partial charge < -0.3 is 19.9 Å². The van der Waals surface area contributed by atoms with Crippen molar-refractivity contribution in [2.24, 2.45) is 11.8 Å². The van der Waals surface area contributed by atoms with Gasteiger partial charge in [-0.15, -0.1) is 0 Å². The predicted molar refractivity (Wildman–Crippen MR) is 139 cm³/mol. The molecular formula is C25H22Cl2N8O3.